The summed E-state index contributed by atoms with van der Waals surface area (Å²) in [6.45, 7) is 8.98. The van der Waals surface area contributed by atoms with Gasteiger partial charge < -0.3 is 20.4 Å². The molecule has 2 saturated carbocycles. The Kier molecular flexibility index (Phi) is 5.88. The lowest BCUT2D eigenvalue weighted by Crippen LogP contribution is -2.44. The number of non-ortho nitro benzene ring substituents is 1. The summed E-state index contributed by atoms with van der Waals surface area (Å²) in [6, 6.07) is 5.28. The molecule has 3 aliphatic rings. The Labute approximate surface area is 223 Å². The van der Waals surface area contributed by atoms with E-state index in [1.807, 2.05) is 0 Å². The summed E-state index contributed by atoms with van der Waals surface area (Å²) in [6.07, 6.45) is 0. The average Bonchev–Trinajstić information content (AvgIpc) is 3.55. The molecular weight excluding hydrogens is 512 g/mol. The molecular formula is C27H30N2O10. The maximum absolute atomic E-state index is 13.0. The van der Waals surface area contributed by atoms with Gasteiger partial charge in [-0.3, -0.25) is 34.3 Å². The number of aliphatic carboxylic acids is 4. The zero-order valence-corrected chi connectivity index (χ0v) is 22.3. The van der Waals surface area contributed by atoms with Crippen molar-refractivity contribution in [3.05, 3.63) is 51.2 Å². The van der Waals surface area contributed by atoms with E-state index in [1.165, 1.54) is 65.8 Å². The first-order valence-electron chi connectivity index (χ1n) is 12.3. The van der Waals surface area contributed by atoms with Gasteiger partial charge in [-0.1, -0.05) is 39.8 Å². The molecule has 0 radical (unpaired) electrons. The fourth-order valence-electron chi connectivity index (χ4n) is 8.03. The highest BCUT2D eigenvalue weighted by Gasteiger charge is 2.86. The minimum Gasteiger partial charge on any atom is -0.481 e. The fourth-order valence-corrected chi connectivity index (χ4v) is 8.03. The molecule has 1 heterocycles. The molecule has 0 aromatic heterocycles. The third kappa shape index (κ3) is 3.20. The van der Waals surface area contributed by atoms with Crippen molar-refractivity contribution in [2.24, 2.45) is 44.4 Å². The summed E-state index contributed by atoms with van der Waals surface area (Å²) in [5.41, 5.74) is -6.41. The van der Waals surface area contributed by atoms with Crippen LogP contribution in [0.15, 0.2) is 40.5 Å². The van der Waals surface area contributed by atoms with Crippen LogP contribution in [-0.4, -0.2) is 54.9 Å². The van der Waals surface area contributed by atoms with Crippen LogP contribution in [-0.2, 0) is 19.2 Å². The summed E-state index contributed by atoms with van der Waals surface area (Å²) in [4.78, 5) is 66.4. The van der Waals surface area contributed by atoms with Crippen LogP contribution in [0, 0.1) is 49.5 Å². The van der Waals surface area contributed by atoms with Crippen LogP contribution >= 0.6 is 0 Å². The molecule has 0 spiro atoms. The molecule has 6 atom stereocenters. The second kappa shape index (κ2) is 8.20. The summed E-state index contributed by atoms with van der Waals surface area (Å²) in [5.74, 6) is -10.9. The van der Waals surface area contributed by atoms with Gasteiger partial charge in [0.25, 0.3) is 5.69 Å². The molecule has 2 fully saturated rings. The van der Waals surface area contributed by atoms with Crippen LogP contribution in [0.3, 0.4) is 0 Å². The number of nitro benzene ring substituents is 1. The average molecular weight is 543 g/mol. The van der Waals surface area contributed by atoms with E-state index in [0.717, 1.165) is 0 Å². The molecule has 1 aromatic carbocycles. The lowest BCUT2D eigenvalue weighted by Gasteiger charge is -2.41. The van der Waals surface area contributed by atoms with Crippen LogP contribution in [0.2, 0.25) is 0 Å². The Bertz CT molecular complexity index is 1420. The predicted molar refractivity (Wildman–Crippen MR) is 135 cm³/mol. The van der Waals surface area contributed by atoms with Crippen molar-refractivity contribution in [3.63, 3.8) is 0 Å². The Morgan fingerprint density at radius 3 is 1.87 bits per heavy atom. The van der Waals surface area contributed by atoms with Crippen LogP contribution < -0.4 is 0 Å². The number of benzene rings is 1. The standard InChI is InChI=1S/C27H30N2O10/c1-11-16(26(22(34)35)18(20(30)31)24(26,3)4)15(13-8-7-9-14(10-13)29(38)39)17(12(2)28-11)27(23(36)37)19(21(32)33)25(27,5)6/h7-10,15-16,18-19H,1-6H3,(H,30,31)(H,32,33)(H,34,35)(H,36,37). The summed E-state index contributed by atoms with van der Waals surface area (Å²) in [5, 5.41) is 53.0. The number of carbonyl (C=O) groups is 4. The van der Waals surface area contributed by atoms with Gasteiger partial charge >= 0.3 is 23.9 Å². The minimum absolute atomic E-state index is 0.0240. The molecule has 6 unspecified atom stereocenters. The number of hydrogen-bond acceptors (Lipinski definition) is 7. The molecule has 1 aliphatic heterocycles. The maximum atomic E-state index is 13.0. The van der Waals surface area contributed by atoms with E-state index in [2.05, 4.69) is 4.99 Å². The van der Waals surface area contributed by atoms with E-state index in [4.69, 9.17) is 0 Å². The van der Waals surface area contributed by atoms with Crippen molar-refractivity contribution in [2.75, 3.05) is 0 Å². The highest BCUT2D eigenvalue weighted by atomic mass is 16.6. The molecule has 12 nitrogen and oxygen atoms in total. The van der Waals surface area contributed by atoms with Crippen LogP contribution in [0.4, 0.5) is 5.69 Å². The normalized spacial score (nSPS) is 34.1. The van der Waals surface area contributed by atoms with E-state index in [1.54, 1.807) is 0 Å². The van der Waals surface area contributed by atoms with E-state index < -0.39 is 74.1 Å². The summed E-state index contributed by atoms with van der Waals surface area (Å²) >= 11 is 0. The van der Waals surface area contributed by atoms with Gasteiger partial charge in [-0.25, -0.2) is 0 Å². The van der Waals surface area contributed by atoms with Gasteiger partial charge in [-0.2, -0.15) is 0 Å². The first kappa shape index (κ1) is 27.9. The smallest absolute Gasteiger partial charge is 0.315 e. The Morgan fingerprint density at radius 1 is 0.897 bits per heavy atom. The first-order chi connectivity index (χ1) is 17.9. The predicted octanol–water partition coefficient (Wildman–Crippen LogP) is 3.67. The number of nitro groups is 1. The number of allylic oxidation sites excluding steroid dienone is 1. The van der Waals surface area contributed by atoms with Crippen molar-refractivity contribution in [1.29, 1.82) is 0 Å². The molecule has 4 rings (SSSR count). The number of nitrogens with zero attached hydrogens (tertiary/aromatic N) is 2. The molecule has 4 N–H and O–H groups in total. The quantitative estimate of drug-likeness (QED) is 0.277. The topological polar surface area (TPSA) is 205 Å². The molecule has 2 aliphatic carbocycles. The minimum atomic E-state index is -2.03. The molecule has 208 valence electrons. The lowest BCUT2D eigenvalue weighted by atomic mass is 9.61. The van der Waals surface area contributed by atoms with Crippen molar-refractivity contribution >= 4 is 35.3 Å². The first-order valence-corrected chi connectivity index (χ1v) is 12.3. The van der Waals surface area contributed by atoms with Crippen molar-refractivity contribution < 1.29 is 44.5 Å². The fraction of sp³-hybridized carbons (Fsp3) is 0.519. The lowest BCUT2D eigenvalue weighted by molar-refractivity contribution is -0.384. The molecule has 1 aromatic rings. The molecule has 0 amide bonds. The van der Waals surface area contributed by atoms with Gasteiger partial charge in [0.1, 0.15) is 5.41 Å². The maximum Gasteiger partial charge on any atom is 0.315 e. The van der Waals surface area contributed by atoms with Gasteiger partial charge in [-0.15, -0.1) is 0 Å². The highest BCUT2D eigenvalue weighted by Crippen LogP contribution is 2.80. The van der Waals surface area contributed by atoms with Gasteiger partial charge in [-0.05, 0) is 30.4 Å². The van der Waals surface area contributed by atoms with E-state index in [0.29, 0.717) is 0 Å². The van der Waals surface area contributed by atoms with Crippen molar-refractivity contribution in [2.45, 2.75) is 47.5 Å². The van der Waals surface area contributed by atoms with E-state index in [-0.39, 0.29) is 28.2 Å². The van der Waals surface area contributed by atoms with Crippen LogP contribution in [0.25, 0.3) is 0 Å². The third-order valence-corrected chi connectivity index (χ3v) is 9.62. The molecule has 0 saturated heterocycles. The van der Waals surface area contributed by atoms with Crippen LogP contribution in [0.1, 0.15) is 53.0 Å². The van der Waals surface area contributed by atoms with Crippen molar-refractivity contribution in [3.8, 4) is 0 Å². The zero-order valence-electron chi connectivity index (χ0n) is 22.3. The number of carboxylic acid groups (broad SMARTS) is 4. The molecule has 0 bridgehead atoms. The number of aliphatic imine (C=N–C) groups is 1. The van der Waals surface area contributed by atoms with Gasteiger partial charge in [0, 0.05) is 40.8 Å². The van der Waals surface area contributed by atoms with Gasteiger partial charge in [0.15, 0.2) is 0 Å². The Hall–Kier alpha value is -4.09. The number of rotatable bonds is 8. The van der Waals surface area contributed by atoms with Crippen molar-refractivity contribution in [1.82, 2.24) is 0 Å². The Morgan fingerprint density at radius 2 is 1.46 bits per heavy atom. The summed E-state index contributed by atoms with van der Waals surface area (Å²) in [7, 11) is 0. The van der Waals surface area contributed by atoms with Gasteiger partial charge in [0.05, 0.1) is 22.2 Å². The SMILES string of the molecule is CC1=NC(C)=C(C2(C(=O)O)C(C(=O)O)C2(C)C)C(c2cccc([N+](=O)[O-])c2)C1C1(C(=O)O)C(C(=O)O)C1(C)C. The monoisotopic (exact) mass is 542 g/mol. The van der Waals surface area contributed by atoms with Crippen LogP contribution in [0.5, 0.6) is 0 Å². The van der Waals surface area contributed by atoms with Gasteiger partial charge in [0.2, 0.25) is 0 Å². The summed E-state index contributed by atoms with van der Waals surface area (Å²) < 4.78 is 0. The Balaban J connectivity index is 2.13. The molecule has 39 heavy (non-hydrogen) atoms. The molecule has 12 heteroatoms. The van der Waals surface area contributed by atoms with E-state index >= 15 is 0 Å². The second-order valence-electron chi connectivity index (χ2n) is 11.8. The number of hydrogen-bond donors (Lipinski definition) is 4. The highest BCUT2D eigenvalue weighted by molar-refractivity contribution is 6.02. The third-order valence-electron chi connectivity index (χ3n) is 9.62. The largest absolute Gasteiger partial charge is 0.481 e. The number of carboxylic acids is 4. The van der Waals surface area contributed by atoms with E-state index in [9.17, 15) is 49.7 Å². The zero-order chi connectivity index (χ0) is 29.6. The second-order valence-corrected chi connectivity index (χ2v) is 11.8.